The van der Waals surface area contributed by atoms with Crippen molar-refractivity contribution in [2.45, 2.75) is 19.4 Å². The minimum absolute atomic E-state index is 0.282. The Morgan fingerprint density at radius 2 is 2.20 bits per heavy atom. The number of carbonyl (C=O) groups is 1. The molecule has 1 aliphatic rings. The molecule has 3 rings (SSSR count). The third kappa shape index (κ3) is 2.22. The summed E-state index contributed by atoms with van der Waals surface area (Å²) in [6, 6.07) is 7.41. The Bertz CT molecular complexity index is 652. The van der Waals surface area contributed by atoms with Crippen LogP contribution in [0.5, 0.6) is 11.5 Å². The summed E-state index contributed by atoms with van der Waals surface area (Å²) in [6.07, 6.45) is 0.232. The molecular formula is C14H13NO4S. The Balaban J connectivity index is 1.90. The maximum atomic E-state index is 11.2. The first-order valence-electron chi connectivity index (χ1n) is 6.30. The fourth-order valence-corrected chi connectivity index (χ4v) is 3.06. The molecule has 0 aliphatic carbocycles. The van der Waals surface area contributed by atoms with Gasteiger partial charge in [-0.05, 0) is 18.6 Å². The molecule has 0 spiro atoms. The number of carboxylic acids is 1. The summed E-state index contributed by atoms with van der Waals surface area (Å²) in [6.45, 7) is 2.23. The van der Waals surface area contributed by atoms with Crippen molar-refractivity contribution >= 4 is 17.3 Å². The van der Waals surface area contributed by atoms with Gasteiger partial charge >= 0.3 is 5.97 Å². The predicted octanol–water partition coefficient (Wildman–Crippen LogP) is 2.92. The van der Waals surface area contributed by atoms with Gasteiger partial charge in [-0.3, -0.25) is 0 Å². The van der Waals surface area contributed by atoms with Gasteiger partial charge in [0.1, 0.15) is 16.5 Å². The Labute approximate surface area is 119 Å². The minimum Gasteiger partial charge on any atom is -0.485 e. The number of ether oxygens (including phenoxy) is 2. The summed E-state index contributed by atoms with van der Waals surface area (Å²) in [7, 11) is 0. The third-order valence-electron chi connectivity index (χ3n) is 3.03. The molecular weight excluding hydrogens is 278 g/mol. The lowest BCUT2D eigenvalue weighted by Crippen LogP contribution is -2.21. The van der Waals surface area contributed by atoms with Crippen LogP contribution < -0.4 is 9.47 Å². The predicted molar refractivity (Wildman–Crippen MR) is 73.8 cm³/mol. The van der Waals surface area contributed by atoms with E-state index in [-0.39, 0.29) is 11.0 Å². The maximum Gasteiger partial charge on any atom is 0.347 e. The van der Waals surface area contributed by atoms with Gasteiger partial charge < -0.3 is 14.6 Å². The zero-order chi connectivity index (χ0) is 14.1. The van der Waals surface area contributed by atoms with E-state index in [2.05, 4.69) is 4.98 Å². The Kier molecular flexibility index (Phi) is 3.31. The molecule has 1 aromatic carbocycles. The largest absolute Gasteiger partial charge is 0.485 e. The molecule has 2 aromatic rings. The van der Waals surface area contributed by atoms with Crippen molar-refractivity contribution in [3.05, 3.63) is 39.8 Å². The Morgan fingerprint density at radius 1 is 1.45 bits per heavy atom. The SMILES string of the molecule is CCc1nc(C2COc3ccccc3O2)sc1C(=O)O. The molecule has 0 saturated carbocycles. The van der Waals surface area contributed by atoms with Crippen LogP contribution in [-0.4, -0.2) is 22.7 Å². The monoisotopic (exact) mass is 291 g/mol. The number of fused-ring (bicyclic) bond motifs is 1. The lowest BCUT2D eigenvalue weighted by atomic mass is 10.2. The molecule has 1 atom stereocenters. The van der Waals surface area contributed by atoms with E-state index < -0.39 is 5.97 Å². The average Bonchev–Trinajstić information content (AvgIpc) is 2.91. The number of benzene rings is 1. The number of thiazole rings is 1. The number of aromatic carboxylic acids is 1. The zero-order valence-corrected chi connectivity index (χ0v) is 11.6. The van der Waals surface area contributed by atoms with E-state index in [1.165, 1.54) is 0 Å². The van der Waals surface area contributed by atoms with Crippen LogP contribution in [0.15, 0.2) is 24.3 Å². The number of para-hydroxylation sites is 2. The van der Waals surface area contributed by atoms with Gasteiger partial charge in [0.2, 0.25) is 0 Å². The zero-order valence-electron chi connectivity index (χ0n) is 10.8. The standard InChI is InChI=1S/C14H13NO4S/c1-2-8-12(14(16)17)20-13(15-8)11-7-18-9-5-3-4-6-10(9)19-11/h3-6,11H,2,7H2,1H3,(H,16,17). The maximum absolute atomic E-state index is 11.2. The van der Waals surface area contributed by atoms with Crippen molar-refractivity contribution in [2.24, 2.45) is 0 Å². The smallest absolute Gasteiger partial charge is 0.347 e. The molecule has 2 heterocycles. The van der Waals surface area contributed by atoms with E-state index in [0.29, 0.717) is 35.2 Å². The molecule has 0 radical (unpaired) electrons. The fraction of sp³-hybridized carbons (Fsp3) is 0.286. The van der Waals surface area contributed by atoms with Gasteiger partial charge in [0.25, 0.3) is 0 Å². The Morgan fingerprint density at radius 3 is 2.85 bits per heavy atom. The van der Waals surface area contributed by atoms with E-state index in [9.17, 15) is 4.79 Å². The number of hydrogen-bond acceptors (Lipinski definition) is 5. The molecule has 1 aromatic heterocycles. The number of carboxylic acid groups (broad SMARTS) is 1. The van der Waals surface area contributed by atoms with Crippen LogP contribution in [0.4, 0.5) is 0 Å². The normalized spacial score (nSPS) is 16.9. The molecule has 0 saturated heterocycles. The highest BCUT2D eigenvalue weighted by atomic mass is 32.1. The van der Waals surface area contributed by atoms with Gasteiger partial charge in [-0.15, -0.1) is 11.3 Å². The molecule has 20 heavy (non-hydrogen) atoms. The van der Waals surface area contributed by atoms with Crippen LogP contribution in [0.1, 0.15) is 33.4 Å². The highest BCUT2D eigenvalue weighted by molar-refractivity contribution is 7.13. The first-order chi connectivity index (χ1) is 9.69. The number of rotatable bonds is 3. The molecule has 6 heteroatoms. The van der Waals surface area contributed by atoms with E-state index in [4.69, 9.17) is 14.6 Å². The number of aromatic nitrogens is 1. The van der Waals surface area contributed by atoms with E-state index in [1.54, 1.807) is 0 Å². The molecule has 5 nitrogen and oxygen atoms in total. The van der Waals surface area contributed by atoms with Crippen LogP contribution in [0.25, 0.3) is 0 Å². The van der Waals surface area contributed by atoms with Crippen molar-refractivity contribution in [3.8, 4) is 11.5 Å². The topological polar surface area (TPSA) is 68.7 Å². The number of nitrogens with zero attached hydrogens (tertiary/aromatic N) is 1. The molecule has 0 amide bonds. The lowest BCUT2D eigenvalue weighted by Gasteiger charge is -2.24. The summed E-state index contributed by atoms with van der Waals surface area (Å²) in [4.78, 5) is 15.8. The van der Waals surface area contributed by atoms with E-state index >= 15 is 0 Å². The molecule has 1 unspecified atom stereocenters. The van der Waals surface area contributed by atoms with Crippen LogP contribution >= 0.6 is 11.3 Å². The fourth-order valence-electron chi connectivity index (χ4n) is 2.06. The molecule has 104 valence electrons. The first kappa shape index (κ1) is 12.9. The quantitative estimate of drug-likeness (QED) is 0.941. The van der Waals surface area contributed by atoms with Gasteiger partial charge in [-0.1, -0.05) is 19.1 Å². The first-order valence-corrected chi connectivity index (χ1v) is 7.12. The van der Waals surface area contributed by atoms with Crippen molar-refractivity contribution in [1.82, 2.24) is 4.98 Å². The van der Waals surface area contributed by atoms with Crippen LogP contribution in [0.3, 0.4) is 0 Å². The molecule has 1 N–H and O–H groups in total. The van der Waals surface area contributed by atoms with Crippen LogP contribution in [0.2, 0.25) is 0 Å². The van der Waals surface area contributed by atoms with Gasteiger partial charge in [0, 0.05) is 0 Å². The van der Waals surface area contributed by atoms with Crippen molar-refractivity contribution < 1.29 is 19.4 Å². The van der Waals surface area contributed by atoms with Gasteiger partial charge in [-0.25, -0.2) is 9.78 Å². The van der Waals surface area contributed by atoms with Crippen molar-refractivity contribution in [2.75, 3.05) is 6.61 Å². The van der Waals surface area contributed by atoms with Crippen molar-refractivity contribution in [3.63, 3.8) is 0 Å². The summed E-state index contributed by atoms with van der Waals surface area (Å²) >= 11 is 1.16. The molecule has 0 bridgehead atoms. The number of aryl methyl sites for hydroxylation is 1. The van der Waals surface area contributed by atoms with Gasteiger partial charge in [-0.2, -0.15) is 0 Å². The second kappa shape index (κ2) is 5.13. The average molecular weight is 291 g/mol. The highest BCUT2D eigenvalue weighted by Crippen LogP contribution is 2.37. The van der Waals surface area contributed by atoms with Crippen LogP contribution in [0, 0.1) is 0 Å². The highest BCUT2D eigenvalue weighted by Gasteiger charge is 2.27. The summed E-state index contributed by atoms with van der Waals surface area (Å²) in [5.41, 5.74) is 0.597. The van der Waals surface area contributed by atoms with E-state index in [1.807, 2.05) is 31.2 Å². The second-order valence-corrected chi connectivity index (χ2v) is 5.38. The lowest BCUT2D eigenvalue weighted by molar-refractivity contribution is 0.0701. The second-order valence-electron chi connectivity index (χ2n) is 4.35. The van der Waals surface area contributed by atoms with Gasteiger partial charge in [0.15, 0.2) is 17.6 Å². The third-order valence-corrected chi connectivity index (χ3v) is 4.20. The summed E-state index contributed by atoms with van der Waals surface area (Å²) < 4.78 is 11.5. The summed E-state index contributed by atoms with van der Waals surface area (Å²) in [5.74, 6) is 0.422. The van der Waals surface area contributed by atoms with E-state index in [0.717, 1.165) is 11.3 Å². The van der Waals surface area contributed by atoms with Crippen LogP contribution in [-0.2, 0) is 6.42 Å². The molecule has 1 aliphatic heterocycles. The van der Waals surface area contributed by atoms with Gasteiger partial charge in [0.05, 0.1) is 5.69 Å². The van der Waals surface area contributed by atoms with Crippen molar-refractivity contribution in [1.29, 1.82) is 0 Å². The Hall–Kier alpha value is -2.08. The minimum atomic E-state index is -0.942. The number of hydrogen-bond donors (Lipinski definition) is 1. The summed E-state index contributed by atoms with van der Waals surface area (Å²) in [5, 5.41) is 9.81. The molecule has 0 fully saturated rings.